The minimum absolute atomic E-state index is 0.220. The van der Waals surface area contributed by atoms with Crippen molar-refractivity contribution in [3.8, 4) is 51.0 Å². The highest BCUT2D eigenvalue weighted by atomic mass is 15.2. The number of rotatable bonds is 5. The van der Waals surface area contributed by atoms with E-state index in [4.69, 9.17) is 9.97 Å². The summed E-state index contributed by atoms with van der Waals surface area (Å²) in [7, 11) is 0. The standard InChI is InChI=1S/C61H41N5/c1-61(2)49-27-15-12-25-44(49)59-56(61)46-32-35-54-55(58(46)65(59)42-22-10-5-11-23-42)48-37-40(39-30-33-52-47(36-39)43-24-14-17-29-51(43)64(52)41-20-8-4-9-21-41)31-34-53(48)66(54)60-62-50-28-16-13-26-45(50)57(63-60)38-18-6-3-7-19-38/h3-37H,1-2H3. The maximum atomic E-state index is 5.49. The normalized spacial score (nSPS) is 13.1. The predicted octanol–water partition coefficient (Wildman–Crippen LogP) is 15.4. The highest BCUT2D eigenvalue weighted by Gasteiger charge is 2.41. The van der Waals surface area contributed by atoms with E-state index in [1.54, 1.807) is 0 Å². The van der Waals surface area contributed by atoms with Gasteiger partial charge in [-0.2, -0.15) is 0 Å². The van der Waals surface area contributed by atoms with Gasteiger partial charge in [-0.25, -0.2) is 9.97 Å². The first-order chi connectivity index (χ1) is 32.5. The summed E-state index contributed by atoms with van der Waals surface area (Å²) < 4.78 is 7.22. The highest BCUT2D eigenvalue weighted by molar-refractivity contribution is 6.23. The molecule has 0 aliphatic heterocycles. The van der Waals surface area contributed by atoms with Crippen LogP contribution in [0.2, 0.25) is 0 Å². The molecule has 0 bridgehead atoms. The summed E-state index contributed by atoms with van der Waals surface area (Å²) in [6.07, 6.45) is 0. The lowest BCUT2D eigenvalue weighted by Gasteiger charge is -2.21. The topological polar surface area (TPSA) is 40.6 Å². The Balaban J connectivity index is 1.11. The average molecular weight is 844 g/mol. The van der Waals surface area contributed by atoms with Crippen LogP contribution in [0.4, 0.5) is 0 Å². The molecule has 0 saturated heterocycles. The van der Waals surface area contributed by atoms with Crippen molar-refractivity contribution in [3.63, 3.8) is 0 Å². The van der Waals surface area contributed by atoms with Crippen LogP contribution in [0, 0.1) is 0 Å². The number of benzene rings is 9. The van der Waals surface area contributed by atoms with Crippen molar-refractivity contribution < 1.29 is 0 Å². The Morgan fingerprint density at radius 2 is 0.970 bits per heavy atom. The van der Waals surface area contributed by atoms with E-state index in [0.29, 0.717) is 5.95 Å². The molecule has 310 valence electrons. The minimum atomic E-state index is -0.220. The van der Waals surface area contributed by atoms with E-state index in [2.05, 4.69) is 240 Å². The van der Waals surface area contributed by atoms with Crippen molar-refractivity contribution in [1.82, 2.24) is 23.7 Å². The maximum absolute atomic E-state index is 5.49. The number of hydrogen-bond acceptors (Lipinski definition) is 2. The smallest absolute Gasteiger partial charge is 0.235 e. The van der Waals surface area contributed by atoms with Crippen LogP contribution in [-0.4, -0.2) is 23.7 Å². The Hall–Kier alpha value is -8.54. The zero-order valence-electron chi connectivity index (χ0n) is 36.4. The Bertz CT molecular complexity index is 4120. The lowest BCUT2D eigenvalue weighted by molar-refractivity contribution is 0.666. The second-order valence-corrected chi connectivity index (χ2v) is 18.2. The molecule has 0 N–H and O–H groups in total. The van der Waals surface area contributed by atoms with Crippen molar-refractivity contribution >= 4 is 65.4 Å². The van der Waals surface area contributed by atoms with Gasteiger partial charge in [0.1, 0.15) is 0 Å². The molecule has 66 heavy (non-hydrogen) atoms. The third-order valence-corrected chi connectivity index (χ3v) is 14.2. The summed E-state index contributed by atoms with van der Waals surface area (Å²) >= 11 is 0. The minimum Gasteiger partial charge on any atom is -0.309 e. The molecular formula is C61H41N5. The van der Waals surface area contributed by atoms with Crippen molar-refractivity contribution in [2.45, 2.75) is 19.3 Å². The average Bonchev–Trinajstić information content (AvgIpc) is 4.08. The molecule has 0 unspecified atom stereocenters. The van der Waals surface area contributed by atoms with Crippen LogP contribution in [0.25, 0.3) is 116 Å². The van der Waals surface area contributed by atoms with Gasteiger partial charge >= 0.3 is 0 Å². The molecule has 14 rings (SSSR count). The maximum Gasteiger partial charge on any atom is 0.235 e. The van der Waals surface area contributed by atoms with Gasteiger partial charge in [-0.1, -0.05) is 159 Å². The SMILES string of the molecule is CC1(C)c2ccccc2-c2c1c1ccc3c(c4cc(-c5ccc6c(c5)c5ccccc5n6-c5ccccc5)ccc4n3-c3nc(-c4ccccc4)c4ccccc4n3)c1n2-c1ccccc1. The largest absolute Gasteiger partial charge is 0.309 e. The number of nitrogens with zero attached hydrogens (tertiary/aromatic N) is 5. The van der Waals surface area contributed by atoms with Gasteiger partial charge in [0.05, 0.1) is 44.5 Å². The summed E-state index contributed by atoms with van der Waals surface area (Å²) in [4.78, 5) is 10.9. The molecule has 0 amide bonds. The Labute approximate surface area is 381 Å². The zero-order chi connectivity index (χ0) is 43.7. The first kappa shape index (κ1) is 36.9. The number of aromatic nitrogens is 5. The van der Waals surface area contributed by atoms with Gasteiger partial charge in [-0.15, -0.1) is 0 Å². The van der Waals surface area contributed by atoms with E-state index in [1.807, 2.05) is 0 Å². The van der Waals surface area contributed by atoms with E-state index in [1.165, 1.54) is 60.5 Å². The molecular weight excluding hydrogens is 803 g/mol. The molecule has 4 heterocycles. The van der Waals surface area contributed by atoms with Gasteiger partial charge < -0.3 is 9.13 Å². The van der Waals surface area contributed by atoms with Crippen molar-refractivity contribution in [3.05, 3.63) is 223 Å². The molecule has 1 aliphatic rings. The summed E-state index contributed by atoms with van der Waals surface area (Å²) in [5, 5.41) is 7.07. The molecule has 0 spiro atoms. The fourth-order valence-corrected chi connectivity index (χ4v) is 11.4. The fraction of sp³-hybridized carbons (Fsp3) is 0.0492. The van der Waals surface area contributed by atoms with Gasteiger partial charge in [0, 0.05) is 60.2 Å². The third kappa shape index (κ3) is 5.11. The first-order valence-corrected chi connectivity index (χ1v) is 22.8. The molecule has 4 aromatic heterocycles. The summed E-state index contributed by atoms with van der Waals surface area (Å²) in [6, 6.07) is 76.8. The molecule has 0 atom stereocenters. The molecule has 0 radical (unpaired) electrons. The third-order valence-electron chi connectivity index (χ3n) is 14.2. The van der Waals surface area contributed by atoms with Crippen LogP contribution in [-0.2, 0) is 5.41 Å². The van der Waals surface area contributed by atoms with Crippen LogP contribution in [0.1, 0.15) is 25.0 Å². The second kappa shape index (κ2) is 13.7. The zero-order valence-corrected chi connectivity index (χ0v) is 36.4. The van der Waals surface area contributed by atoms with Crippen molar-refractivity contribution in [1.29, 1.82) is 0 Å². The van der Waals surface area contributed by atoms with E-state index >= 15 is 0 Å². The molecule has 1 aliphatic carbocycles. The van der Waals surface area contributed by atoms with Crippen LogP contribution in [0.5, 0.6) is 0 Å². The number of hydrogen-bond donors (Lipinski definition) is 0. The summed E-state index contributed by atoms with van der Waals surface area (Å²) in [5.41, 5.74) is 18.2. The lowest BCUT2D eigenvalue weighted by atomic mass is 9.81. The van der Waals surface area contributed by atoms with Gasteiger partial charge in [0.15, 0.2) is 0 Å². The number of fused-ring (bicyclic) bond motifs is 13. The van der Waals surface area contributed by atoms with Gasteiger partial charge in [0.25, 0.3) is 0 Å². The Morgan fingerprint density at radius 1 is 0.394 bits per heavy atom. The summed E-state index contributed by atoms with van der Waals surface area (Å²) in [6.45, 7) is 4.77. The van der Waals surface area contributed by atoms with Gasteiger partial charge in [0.2, 0.25) is 5.95 Å². The first-order valence-electron chi connectivity index (χ1n) is 22.8. The molecule has 13 aromatic rings. The fourth-order valence-electron chi connectivity index (χ4n) is 11.4. The van der Waals surface area contributed by atoms with Crippen molar-refractivity contribution in [2.75, 3.05) is 0 Å². The Morgan fingerprint density at radius 3 is 1.73 bits per heavy atom. The second-order valence-electron chi connectivity index (χ2n) is 18.2. The molecule has 5 heteroatoms. The van der Waals surface area contributed by atoms with Gasteiger partial charge in [-0.3, -0.25) is 4.57 Å². The monoisotopic (exact) mass is 843 g/mol. The quantitative estimate of drug-likeness (QED) is 0.173. The predicted molar refractivity (Wildman–Crippen MR) is 273 cm³/mol. The molecule has 0 saturated carbocycles. The van der Waals surface area contributed by atoms with E-state index in [9.17, 15) is 0 Å². The van der Waals surface area contributed by atoms with E-state index < -0.39 is 0 Å². The van der Waals surface area contributed by atoms with Crippen LogP contribution in [0.15, 0.2) is 212 Å². The number of para-hydroxylation sites is 4. The lowest BCUT2D eigenvalue weighted by Crippen LogP contribution is -2.14. The summed E-state index contributed by atoms with van der Waals surface area (Å²) in [5.74, 6) is 0.644. The molecule has 9 aromatic carbocycles. The van der Waals surface area contributed by atoms with E-state index in [-0.39, 0.29) is 5.41 Å². The van der Waals surface area contributed by atoms with Crippen LogP contribution >= 0.6 is 0 Å². The van der Waals surface area contributed by atoms with Gasteiger partial charge in [-0.05, 0) is 89.0 Å². The Kier molecular flexibility index (Phi) is 7.68. The highest BCUT2D eigenvalue weighted by Crippen LogP contribution is 2.55. The van der Waals surface area contributed by atoms with E-state index in [0.717, 1.165) is 61.1 Å². The van der Waals surface area contributed by atoms with Crippen LogP contribution < -0.4 is 0 Å². The molecule has 0 fully saturated rings. The molecule has 5 nitrogen and oxygen atoms in total. The van der Waals surface area contributed by atoms with Crippen molar-refractivity contribution in [2.24, 2.45) is 0 Å². The van der Waals surface area contributed by atoms with Crippen LogP contribution in [0.3, 0.4) is 0 Å².